The minimum atomic E-state index is -0.451. The number of aromatic nitrogens is 3. The van der Waals surface area contributed by atoms with Gasteiger partial charge in [0, 0.05) is 18.8 Å². The van der Waals surface area contributed by atoms with Gasteiger partial charge in [-0.2, -0.15) is 0 Å². The van der Waals surface area contributed by atoms with Crippen LogP contribution >= 0.6 is 0 Å². The number of rotatable bonds is 4. The fourth-order valence-corrected chi connectivity index (χ4v) is 4.02. The van der Waals surface area contributed by atoms with Crippen molar-refractivity contribution in [2.75, 3.05) is 13.1 Å². The third kappa shape index (κ3) is 4.95. The number of piperidine rings is 1. The molecule has 0 bridgehead atoms. The molecule has 6 heteroatoms. The van der Waals surface area contributed by atoms with Gasteiger partial charge >= 0.3 is 6.09 Å². The van der Waals surface area contributed by atoms with Crippen LogP contribution in [-0.4, -0.2) is 44.2 Å². The Morgan fingerprint density at radius 2 is 2.00 bits per heavy atom. The molecule has 4 rings (SSSR count). The van der Waals surface area contributed by atoms with E-state index in [0.717, 1.165) is 54.9 Å². The zero-order valence-corrected chi connectivity index (χ0v) is 18.5. The summed E-state index contributed by atoms with van der Waals surface area (Å²) in [7, 11) is 0. The molecule has 1 saturated heterocycles. The standard InChI is InChI=1S/C25H30N4O2/c1-5-20-9-10-22-23(27-20)29(17-26-22)21-8-6-7-19(16-21)15-18-11-13-28(14-12-18)24(30)31-25(2,3)4/h5-10,16-18H,1,11-15H2,2-4H3. The second-order valence-corrected chi connectivity index (χ2v) is 9.18. The predicted octanol–water partition coefficient (Wildman–Crippen LogP) is 5.25. The van der Waals surface area contributed by atoms with E-state index >= 15 is 0 Å². The normalized spacial score (nSPS) is 15.3. The Labute approximate surface area is 183 Å². The lowest BCUT2D eigenvalue weighted by molar-refractivity contribution is 0.0184. The number of likely N-dealkylation sites (tertiary alicyclic amines) is 1. The Morgan fingerprint density at radius 1 is 1.23 bits per heavy atom. The lowest BCUT2D eigenvalue weighted by Crippen LogP contribution is -2.42. The maximum Gasteiger partial charge on any atom is 0.410 e. The summed E-state index contributed by atoms with van der Waals surface area (Å²) < 4.78 is 7.53. The monoisotopic (exact) mass is 418 g/mol. The van der Waals surface area contributed by atoms with Gasteiger partial charge in [-0.25, -0.2) is 14.8 Å². The molecule has 1 fully saturated rings. The molecule has 0 N–H and O–H groups in total. The van der Waals surface area contributed by atoms with E-state index in [1.54, 1.807) is 6.08 Å². The highest BCUT2D eigenvalue weighted by Crippen LogP contribution is 2.25. The fourth-order valence-electron chi connectivity index (χ4n) is 4.02. The van der Waals surface area contributed by atoms with E-state index in [0.29, 0.717) is 5.92 Å². The maximum atomic E-state index is 12.3. The first-order valence-electron chi connectivity index (χ1n) is 10.9. The molecular weight excluding hydrogens is 388 g/mol. The summed E-state index contributed by atoms with van der Waals surface area (Å²) >= 11 is 0. The number of nitrogens with zero attached hydrogens (tertiary/aromatic N) is 4. The summed E-state index contributed by atoms with van der Waals surface area (Å²) in [6.07, 6.45) is 6.34. The zero-order chi connectivity index (χ0) is 22.0. The number of hydrogen-bond donors (Lipinski definition) is 0. The average Bonchev–Trinajstić information content (AvgIpc) is 3.16. The number of amides is 1. The van der Waals surface area contributed by atoms with Crippen molar-refractivity contribution in [2.24, 2.45) is 5.92 Å². The van der Waals surface area contributed by atoms with Gasteiger partial charge in [-0.15, -0.1) is 0 Å². The van der Waals surface area contributed by atoms with Gasteiger partial charge in [0.2, 0.25) is 0 Å². The number of benzene rings is 1. The van der Waals surface area contributed by atoms with Gasteiger partial charge in [-0.3, -0.25) is 4.57 Å². The second-order valence-electron chi connectivity index (χ2n) is 9.18. The molecular formula is C25H30N4O2. The fraction of sp³-hybridized carbons (Fsp3) is 0.400. The van der Waals surface area contributed by atoms with Crippen LogP contribution in [0.2, 0.25) is 0 Å². The summed E-state index contributed by atoms with van der Waals surface area (Å²) in [5.74, 6) is 0.555. The van der Waals surface area contributed by atoms with Crippen LogP contribution in [0.4, 0.5) is 4.79 Å². The third-order valence-electron chi connectivity index (χ3n) is 5.61. The van der Waals surface area contributed by atoms with Crippen molar-refractivity contribution in [2.45, 2.75) is 45.6 Å². The molecule has 1 aliphatic rings. The molecule has 0 spiro atoms. The summed E-state index contributed by atoms with van der Waals surface area (Å²) in [4.78, 5) is 23.3. The van der Waals surface area contributed by atoms with Crippen molar-refractivity contribution in [3.63, 3.8) is 0 Å². The smallest absolute Gasteiger partial charge is 0.410 e. The lowest BCUT2D eigenvalue weighted by Gasteiger charge is -2.33. The molecule has 1 amide bonds. The van der Waals surface area contributed by atoms with E-state index in [-0.39, 0.29) is 6.09 Å². The van der Waals surface area contributed by atoms with Crippen molar-refractivity contribution >= 4 is 23.3 Å². The van der Waals surface area contributed by atoms with Gasteiger partial charge < -0.3 is 9.64 Å². The SMILES string of the molecule is C=Cc1ccc2ncn(-c3cccc(CC4CCN(C(=O)OC(C)(C)C)CC4)c3)c2n1. The molecule has 31 heavy (non-hydrogen) atoms. The van der Waals surface area contributed by atoms with E-state index in [9.17, 15) is 4.79 Å². The molecule has 0 aliphatic carbocycles. The Kier molecular flexibility index (Phi) is 5.81. The van der Waals surface area contributed by atoms with Gasteiger partial charge in [0.25, 0.3) is 0 Å². The number of imidazole rings is 1. The van der Waals surface area contributed by atoms with Gasteiger partial charge in [-0.05, 0) is 81.9 Å². The number of fused-ring (bicyclic) bond motifs is 1. The van der Waals surface area contributed by atoms with Crippen molar-refractivity contribution in [1.82, 2.24) is 19.4 Å². The quantitative estimate of drug-likeness (QED) is 0.580. The van der Waals surface area contributed by atoms with E-state index in [4.69, 9.17) is 4.74 Å². The first-order chi connectivity index (χ1) is 14.8. The summed E-state index contributed by atoms with van der Waals surface area (Å²) in [6, 6.07) is 12.4. The molecule has 6 nitrogen and oxygen atoms in total. The summed E-state index contributed by atoms with van der Waals surface area (Å²) in [6.45, 7) is 11.0. The van der Waals surface area contributed by atoms with Crippen LogP contribution in [0.3, 0.4) is 0 Å². The summed E-state index contributed by atoms with van der Waals surface area (Å²) in [5.41, 5.74) is 4.43. The van der Waals surface area contributed by atoms with E-state index in [1.165, 1.54) is 5.56 Å². The maximum absolute atomic E-state index is 12.3. The van der Waals surface area contributed by atoms with Crippen LogP contribution < -0.4 is 0 Å². The number of carbonyl (C=O) groups excluding carboxylic acids is 1. The minimum Gasteiger partial charge on any atom is -0.444 e. The van der Waals surface area contributed by atoms with Gasteiger partial charge in [0.05, 0.1) is 5.69 Å². The van der Waals surface area contributed by atoms with Gasteiger partial charge in [0.1, 0.15) is 17.4 Å². The third-order valence-corrected chi connectivity index (χ3v) is 5.61. The predicted molar refractivity (Wildman–Crippen MR) is 123 cm³/mol. The highest BCUT2D eigenvalue weighted by atomic mass is 16.6. The molecule has 1 aliphatic heterocycles. The number of hydrogen-bond acceptors (Lipinski definition) is 4. The van der Waals surface area contributed by atoms with Crippen LogP contribution in [-0.2, 0) is 11.2 Å². The zero-order valence-electron chi connectivity index (χ0n) is 18.5. The van der Waals surface area contributed by atoms with Crippen molar-refractivity contribution in [3.05, 3.63) is 60.6 Å². The summed E-state index contributed by atoms with van der Waals surface area (Å²) in [5, 5.41) is 0. The van der Waals surface area contributed by atoms with Gasteiger partial charge in [0.15, 0.2) is 5.65 Å². The molecule has 0 atom stereocenters. The van der Waals surface area contributed by atoms with Crippen LogP contribution in [0.1, 0.15) is 44.9 Å². The largest absolute Gasteiger partial charge is 0.444 e. The first-order valence-corrected chi connectivity index (χ1v) is 10.9. The van der Waals surface area contributed by atoms with Crippen molar-refractivity contribution in [1.29, 1.82) is 0 Å². The topological polar surface area (TPSA) is 60.2 Å². The average molecular weight is 419 g/mol. The Morgan fingerprint density at radius 3 is 2.71 bits per heavy atom. The van der Waals surface area contributed by atoms with Crippen molar-refractivity contribution in [3.8, 4) is 5.69 Å². The van der Waals surface area contributed by atoms with Crippen LogP contribution in [0.5, 0.6) is 0 Å². The van der Waals surface area contributed by atoms with Crippen LogP contribution in [0.15, 0.2) is 49.3 Å². The second kappa shape index (κ2) is 8.53. The Bertz CT molecular complexity index is 1090. The minimum absolute atomic E-state index is 0.202. The van der Waals surface area contributed by atoms with E-state index in [1.807, 2.05) is 48.7 Å². The van der Waals surface area contributed by atoms with Crippen LogP contribution in [0.25, 0.3) is 22.9 Å². The molecule has 1 aromatic carbocycles. The van der Waals surface area contributed by atoms with Gasteiger partial charge in [-0.1, -0.05) is 18.7 Å². The molecule has 0 unspecified atom stereocenters. The molecule has 3 aromatic rings. The van der Waals surface area contributed by atoms with Crippen LogP contribution in [0, 0.1) is 5.92 Å². The Hall–Kier alpha value is -3.15. The number of ether oxygens (including phenoxy) is 1. The number of carbonyl (C=O) groups is 1. The molecule has 162 valence electrons. The molecule has 3 heterocycles. The van der Waals surface area contributed by atoms with Crippen molar-refractivity contribution < 1.29 is 9.53 Å². The highest BCUT2D eigenvalue weighted by molar-refractivity contribution is 5.74. The highest BCUT2D eigenvalue weighted by Gasteiger charge is 2.27. The van der Waals surface area contributed by atoms with E-state index in [2.05, 4.69) is 40.8 Å². The molecule has 2 aromatic heterocycles. The number of pyridine rings is 1. The molecule has 0 radical (unpaired) electrons. The lowest BCUT2D eigenvalue weighted by atomic mass is 9.90. The Balaban J connectivity index is 1.43. The molecule has 0 saturated carbocycles. The van der Waals surface area contributed by atoms with E-state index < -0.39 is 5.60 Å². The first kappa shape index (κ1) is 21.1.